The molecule has 0 aliphatic rings. The molecule has 0 unspecified atom stereocenters. The molecule has 0 bridgehead atoms. The van der Waals surface area contributed by atoms with Crippen molar-refractivity contribution in [2.75, 3.05) is 0 Å². The van der Waals surface area contributed by atoms with Gasteiger partial charge in [-0.25, -0.2) is 14.5 Å². The normalized spacial score (nSPS) is 12.8. The lowest BCUT2D eigenvalue weighted by atomic mass is 9.96. The minimum atomic E-state index is -4.76. The standard InChI is InChI=1S/C34H33F3N6O2S/c1-20(2)30-21(3)8-7-9-29(30)43-22(4)18-46-33(43)40-32(44)39-24(6)23(5)25-10-12-26(13-11-25)31-38-19-42(41-31)27-14-16-28(17-15-27)45-34(35,36)37/h7-20H,1-6H3,(H,39,44)/b24-23+,40-33-. The van der Waals surface area contributed by atoms with Crippen LogP contribution in [-0.2, 0) is 0 Å². The summed E-state index contributed by atoms with van der Waals surface area (Å²) in [6.45, 7) is 12.2. The second-order valence-corrected chi connectivity index (χ2v) is 11.9. The zero-order chi connectivity index (χ0) is 33.2. The molecule has 8 nitrogen and oxygen atoms in total. The van der Waals surface area contributed by atoms with Crippen molar-refractivity contribution in [1.82, 2.24) is 24.6 Å². The van der Waals surface area contributed by atoms with Crippen molar-refractivity contribution < 1.29 is 22.7 Å². The Kier molecular flexibility index (Phi) is 9.29. The van der Waals surface area contributed by atoms with Gasteiger partial charge in [0.25, 0.3) is 0 Å². The highest BCUT2D eigenvalue weighted by atomic mass is 32.1. The van der Waals surface area contributed by atoms with E-state index in [-0.39, 0.29) is 5.75 Å². The van der Waals surface area contributed by atoms with E-state index >= 15 is 0 Å². The fourth-order valence-electron chi connectivity index (χ4n) is 5.15. The van der Waals surface area contributed by atoms with Crippen LogP contribution in [-0.4, -0.2) is 31.7 Å². The largest absolute Gasteiger partial charge is 0.573 e. The van der Waals surface area contributed by atoms with Gasteiger partial charge in [0.15, 0.2) is 10.6 Å². The van der Waals surface area contributed by atoms with Crippen LogP contribution in [0.1, 0.15) is 56.0 Å². The lowest BCUT2D eigenvalue weighted by Gasteiger charge is -2.17. The number of thiazole rings is 1. The maximum atomic E-state index is 13.1. The Balaban J connectivity index is 1.31. The molecular formula is C34H33F3N6O2S. The van der Waals surface area contributed by atoms with Crippen LogP contribution < -0.4 is 14.9 Å². The second-order valence-electron chi connectivity index (χ2n) is 11.1. The maximum absolute atomic E-state index is 13.1. The Bertz CT molecular complexity index is 1970. The zero-order valence-electron chi connectivity index (χ0n) is 26.2. The number of nitrogens with zero attached hydrogens (tertiary/aromatic N) is 5. The number of nitrogens with one attached hydrogen (secondary N) is 1. The number of ether oxygens (including phenoxy) is 1. The number of benzene rings is 3. The van der Waals surface area contributed by atoms with E-state index in [9.17, 15) is 18.0 Å². The minimum absolute atomic E-state index is 0.304. The lowest BCUT2D eigenvalue weighted by Crippen LogP contribution is -2.24. The van der Waals surface area contributed by atoms with Crippen LogP contribution in [0.2, 0.25) is 0 Å². The molecule has 0 radical (unpaired) electrons. The van der Waals surface area contributed by atoms with Gasteiger partial charge in [-0.2, -0.15) is 4.99 Å². The number of urea groups is 1. The summed E-state index contributed by atoms with van der Waals surface area (Å²) in [4.78, 5) is 22.4. The maximum Gasteiger partial charge on any atom is 0.573 e. The summed E-state index contributed by atoms with van der Waals surface area (Å²) in [5, 5.41) is 9.37. The number of halogens is 3. The third-order valence-corrected chi connectivity index (χ3v) is 8.40. The van der Waals surface area contributed by atoms with Crippen molar-refractivity contribution >= 4 is 22.9 Å². The predicted octanol–water partition coefficient (Wildman–Crippen LogP) is 8.49. The molecule has 0 atom stereocenters. The fourth-order valence-corrected chi connectivity index (χ4v) is 6.01. The summed E-state index contributed by atoms with van der Waals surface area (Å²) in [5.41, 5.74) is 8.14. The van der Waals surface area contributed by atoms with Gasteiger partial charge in [0.05, 0.1) is 11.4 Å². The first-order chi connectivity index (χ1) is 21.8. The molecule has 2 amide bonds. The average Bonchev–Trinajstić information content (AvgIpc) is 3.63. The van der Waals surface area contributed by atoms with Crippen LogP contribution in [0.5, 0.6) is 5.75 Å². The Morgan fingerprint density at radius 2 is 1.70 bits per heavy atom. The van der Waals surface area contributed by atoms with Crippen molar-refractivity contribution in [2.45, 2.75) is 53.8 Å². The Labute approximate surface area is 268 Å². The van der Waals surface area contributed by atoms with Crippen molar-refractivity contribution in [2.24, 2.45) is 4.99 Å². The molecule has 0 aliphatic carbocycles. The van der Waals surface area contributed by atoms with Gasteiger partial charge in [0, 0.05) is 22.3 Å². The van der Waals surface area contributed by atoms with E-state index in [1.165, 1.54) is 57.7 Å². The second kappa shape index (κ2) is 13.2. The van der Waals surface area contributed by atoms with Crippen molar-refractivity contribution in [3.8, 4) is 28.5 Å². The Morgan fingerprint density at radius 1 is 1.00 bits per heavy atom. The molecule has 5 rings (SSSR count). The predicted molar refractivity (Wildman–Crippen MR) is 173 cm³/mol. The van der Waals surface area contributed by atoms with Crippen molar-refractivity contribution in [1.29, 1.82) is 0 Å². The third-order valence-electron chi connectivity index (χ3n) is 7.46. The molecule has 3 aromatic carbocycles. The molecule has 5 aromatic rings. The number of allylic oxidation sites excluding steroid dienone is 2. The van der Waals surface area contributed by atoms with E-state index in [1.807, 2.05) is 61.1 Å². The Hall–Kier alpha value is -4.97. The van der Waals surface area contributed by atoms with Crippen LogP contribution in [0, 0.1) is 13.8 Å². The third kappa shape index (κ3) is 7.28. The first kappa shape index (κ1) is 32.4. The summed E-state index contributed by atoms with van der Waals surface area (Å²) < 4.78 is 44.8. The highest BCUT2D eigenvalue weighted by molar-refractivity contribution is 7.07. The molecule has 238 valence electrons. The van der Waals surface area contributed by atoms with Crippen molar-refractivity contribution in [3.63, 3.8) is 0 Å². The van der Waals surface area contributed by atoms with Crippen molar-refractivity contribution in [3.05, 3.63) is 111 Å². The number of carbonyl (C=O) groups is 1. The molecule has 0 aliphatic heterocycles. The highest BCUT2D eigenvalue weighted by Gasteiger charge is 2.31. The zero-order valence-corrected chi connectivity index (χ0v) is 27.0. The molecule has 46 heavy (non-hydrogen) atoms. The van der Waals surface area contributed by atoms with Crippen LogP contribution in [0.3, 0.4) is 0 Å². The number of aryl methyl sites for hydroxylation is 2. The van der Waals surface area contributed by atoms with Crippen LogP contribution in [0.25, 0.3) is 28.3 Å². The monoisotopic (exact) mass is 646 g/mol. The van der Waals surface area contributed by atoms with E-state index in [1.54, 1.807) is 0 Å². The summed E-state index contributed by atoms with van der Waals surface area (Å²) in [5.74, 6) is 0.433. The number of aromatic nitrogens is 4. The van der Waals surface area contributed by atoms with E-state index < -0.39 is 12.4 Å². The van der Waals surface area contributed by atoms with E-state index in [0.29, 0.717) is 27.9 Å². The van der Waals surface area contributed by atoms with Gasteiger partial charge in [-0.1, -0.05) is 50.2 Å². The first-order valence-electron chi connectivity index (χ1n) is 14.5. The SMILES string of the molecule is C/C(NC(=O)/N=c1\scc(C)n1-c1cccc(C)c1C(C)C)=C(/C)c1ccc(-c2ncn(-c3ccc(OC(F)(F)F)cc3)n2)cc1. The number of rotatable bonds is 7. The topological polar surface area (TPSA) is 86.3 Å². The summed E-state index contributed by atoms with van der Waals surface area (Å²) in [6.07, 6.45) is -3.27. The van der Waals surface area contributed by atoms with Crippen LogP contribution >= 0.6 is 11.3 Å². The number of amides is 2. The van der Waals surface area contributed by atoms with Gasteiger partial charge in [-0.15, -0.1) is 29.6 Å². The van der Waals surface area contributed by atoms with Crippen LogP contribution in [0.4, 0.5) is 18.0 Å². The Morgan fingerprint density at radius 3 is 2.35 bits per heavy atom. The molecular weight excluding hydrogens is 613 g/mol. The fraction of sp³-hybridized carbons (Fsp3) is 0.235. The average molecular weight is 647 g/mol. The molecule has 1 N–H and O–H groups in total. The molecule has 0 fully saturated rings. The smallest absolute Gasteiger partial charge is 0.406 e. The molecule has 0 saturated heterocycles. The van der Waals surface area contributed by atoms with E-state index in [4.69, 9.17) is 0 Å². The molecule has 12 heteroatoms. The summed E-state index contributed by atoms with van der Waals surface area (Å²) in [7, 11) is 0. The highest BCUT2D eigenvalue weighted by Crippen LogP contribution is 2.28. The van der Waals surface area contributed by atoms with Gasteiger partial charge >= 0.3 is 12.4 Å². The van der Waals surface area contributed by atoms with E-state index in [2.05, 4.69) is 58.0 Å². The lowest BCUT2D eigenvalue weighted by molar-refractivity contribution is -0.274. The number of hydrogen-bond donors (Lipinski definition) is 1. The summed E-state index contributed by atoms with van der Waals surface area (Å²) >= 11 is 1.42. The van der Waals surface area contributed by atoms with Crippen LogP contribution in [0.15, 0.2) is 89.1 Å². The summed E-state index contributed by atoms with van der Waals surface area (Å²) in [6, 6.07) is 18.6. The van der Waals surface area contributed by atoms with E-state index in [0.717, 1.165) is 28.1 Å². The number of alkyl halides is 3. The molecule has 2 aromatic heterocycles. The molecule has 0 saturated carbocycles. The first-order valence-corrected chi connectivity index (χ1v) is 15.4. The van der Waals surface area contributed by atoms with Gasteiger partial charge in [0.2, 0.25) is 0 Å². The minimum Gasteiger partial charge on any atom is -0.406 e. The van der Waals surface area contributed by atoms with Gasteiger partial charge in [-0.3, -0.25) is 4.57 Å². The quantitative estimate of drug-likeness (QED) is 0.192. The van der Waals surface area contributed by atoms with Gasteiger partial charge in [-0.05, 0) is 86.2 Å². The molecule has 0 spiro atoms. The molecule has 2 heterocycles. The number of carbonyl (C=O) groups excluding carboxylic acids is 1. The van der Waals surface area contributed by atoms with Gasteiger partial charge < -0.3 is 10.1 Å². The number of hydrogen-bond acceptors (Lipinski definition) is 5. The van der Waals surface area contributed by atoms with Gasteiger partial charge in [0.1, 0.15) is 12.1 Å².